The third-order valence-electron chi connectivity index (χ3n) is 5.40. The van der Waals surface area contributed by atoms with Crippen LogP contribution in [0, 0.1) is 18.7 Å². The number of benzene rings is 2. The summed E-state index contributed by atoms with van der Waals surface area (Å²) in [6.07, 6.45) is 1.75. The molecule has 1 aromatic heterocycles. The predicted octanol–water partition coefficient (Wildman–Crippen LogP) is 4.60. The Hall–Kier alpha value is -3.22. The molecule has 1 aliphatic heterocycles. The van der Waals surface area contributed by atoms with Crippen LogP contribution in [0.5, 0.6) is 0 Å². The summed E-state index contributed by atoms with van der Waals surface area (Å²) in [7, 11) is 0. The number of aromatic nitrogens is 2. The molecule has 0 aliphatic carbocycles. The van der Waals surface area contributed by atoms with Crippen LogP contribution in [0.4, 0.5) is 15.8 Å². The summed E-state index contributed by atoms with van der Waals surface area (Å²) in [6, 6.07) is 12.7. The molecule has 1 N–H and O–H groups in total. The Balaban J connectivity index is 1.30. The van der Waals surface area contributed by atoms with Crippen molar-refractivity contribution in [3.8, 4) is 11.4 Å². The molecule has 1 fully saturated rings. The van der Waals surface area contributed by atoms with Gasteiger partial charge < -0.3 is 14.7 Å². The quantitative estimate of drug-likeness (QED) is 0.645. The van der Waals surface area contributed by atoms with Crippen molar-refractivity contribution in [2.24, 2.45) is 5.92 Å². The maximum absolute atomic E-state index is 13.7. The normalized spacial score (nSPS) is 16.1. The van der Waals surface area contributed by atoms with Gasteiger partial charge in [0.2, 0.25) is 17.6 Å². The van der Waals surface area contributed by atoms with E-state index in [0.717, 1.165) is 24.7 Å². The Morgan fingerprint density at radius 3 is 2.77 bits per heavy atom. The van der Waals surface area contributed by atoms with Gasteiger partial charge in [-0.05, 0) is 55.2 Å². The Labute approximate surface area is 175 Å². The van der Waals surface area contributed by atoms with Gasteiger partial charge in [-0.2, -0.15) is 4.98 Å². The minimum Gasteiger partial charge on any atom is -0.371 e. The molecule has 1 aliphatic rings. The average molecular weight is 408 g/mol. The summed E-state index contributed by atoms with van der Waals surface area (Å²) in [4.78, 5) is 18.9. The van der Waals surface area contributed by atoms with Gasteiger partial charge in [0.25, 0.3) is 0 Å². The summed E-state index contributed by atoms with van der Waals surface area (Å²) >= 11 is 0. The topological polar surface area (TPSA) is 71.3 Å². The Morgan fingerprint density at radius 1 is 1.27 bits per heavy atom. The molecule has 1 amide bonds. The third kappa shape index (κ3) is 4.67. The first kappa shape index (κ1) is 20.1. The third-order valence-corrected chi connectivity index (χ3v) is 5.40. The number of rotatable bonds is 6. The van der Waals surface area contributed by atoms with E-state index >= 15 is 0 Å². The smallest absolute Gasteiger partial charge is 0.227 e. The van der Waals surface area contributed by atoms with Gasteiger partial charge in [0.1, 0.15) is 5.82 Å². The van der Waals surface area contributed by atoms with E-state index in [4.69, 9.17) is 4.52 Å². The Kier molecular flexibility index (Phi) is 5.79. The molecule has 1 atom stereocenters. The molecule has 0 saturated carbocycles. The minimum atomic E-state index is -0.316. The Morgan fingerprint density at radius 2 is 2.07 bits per heavy atom. The van der Waals surface area contributed by atoms with Crippen molar-refractivity contribution in [1.29, 1.82) is 0 Å². The number of hydrogen-bond donors (Lipinski definition) is 1. The molecule has 0 spiro atoms. The summed E-state index contributed by atoms with van der Waals surface area (Å²) in [5.41, 5.74) is 3.05. The molecule has 6 nitrogen and oxygen atoms in total. The number of halogens is 1. The molecule has 0 radical (unpaired) electrons. The van der Waals surface area contributed by atoms with Crippen LogP contribution in [-0.2, 0) is 11.2 Å². The van der Waals surface area contributed by atoms with Crippen LogP contribution < -0.4 is 10.2 Å². The van der Waals surface area contributed by atoms with Crippen molar-refractivity contribution in [2.75, 3.05) is 23.3 Å². The van der Waals surface area contributed by atoms with Crippen LogP contribution in [0.1, 0.15) is 31.2 Å². The van der Waals surface area contributed by atoms with Gasteiger partial charge in [-0.3, -0.25) is 4.79 Å². The average Bonchev–Trinajstić information content (AvgIpc) is 3.38. The van der Waals surface area contributed by atoms with Crippen molar-refractivity contribution < 1.29 is 13.7 Å². The van der Waals surface area contributed by atoms with Gasteiger partial charge in [0, 0.05) is 42.9 Å². The Bertz CT molecular complexity index is 1030. The number of amides is 1. The van der Waals surface area contributed by atoms with Gasteiger partial charge >= 0.3 is 0 Å². The van der Waals surface area contributed by atoms with Gasteiger partial charge in [-0.1, -0.05) is 24.2 Å². The number of anilines is 2. The van der Waals surface area contributed by atoms with E-state index in [-0.39, 0.29) is 18.1 Å². The molecule has 3 aromatic rings. The first-order valence-electron chi connectivity index (χ1n) is 10.2. The zero-order chi connectivity index (χ0) is 21.1. The highest BCUT2D eigenvalue weighted by Crippen LogP contribution is 2.25. The van der Waals surface area contributed by atoms with Gasteiger partial charge in [-0.25, -0.2) is 4.39 Å². The summed E-state index contributed by atoms with van der Waals surface area (Å²) in [5.74, 6) is 0.942. The second-order valence-corrected chi connectivity index (χ2v) is 7.91. The van der Waals surface area contributed by atoms with Crippen molar-refractivity contribution in [1.82, 2.24) is 10.1 Å². The fraction of sp³-hybridized carbons (Fsp3) is 0.348. The van der Waals surface area contributed by atoms with Crippen LogP contribution in [0.2, 0.25) is 0 Å². The van der Waals surface area contributed by atoms with Crippen molar-refractivity contribution in [3.63, 3.8) is 0 Å². The van der Waals surface area contributed by atoms with Crippen LogP contribution in [0.15, 0.2) is 47.0 Å². The number of carbonyl (C=O) groups excluding carboxylic acids is 1. The number of nitrogens with one attached hydrogen (secondary N) is 1. The van der Waals surface area contributed by atoms with Gasteiger partial charge in [0.15, 0.2) is 0 Å². The van der Waals surface area contributed by atoms with Crippen LogP contribution in [0.3, 0.4) is 0 Å². The molecule has 7 heteroatoms. The molecule has 1 saturated heterocycles. The number of nitrogens with zero attached hydrogens (tertiary/aromatic N) is 3. The molecular formula is C23H25FN4O2. The lowest BCUT2D eigenvalue weighted by atomic mass is 10.1. The molecule has 0 bridgehead atoms. The fourth-order valence-corrected chi connectivity index (χ4v) is 3.57. The second kappa shape index (κ2) is 8.65. The molecular weight excluding hydrogens is 383 g/mol. The van der Waals surface area contributed by atoms with Gasteiger partial charge in [0.05, 0.1) is 0 Å². The van der Waals surface area contributed by atoms with E-state index in [1.807, 2.05) is 24.3 Å². The summed E-state index contributed by atoms with van der Waals surface area (Å²) in [5, 5.41) is 6.78. The SMILES string of the molecule is Cc1ccc(-c2noc(CCC(=O)Nc3ccc(N4CCC(C)C4)cc3)n2)cc1F. The number of carbonyl (C=O) groups is 1. The van der Waals surface area contributed by atoms with Crippen molar-refractivity contribution in [2.45, 2.75) is 33.1 Å². The van der Waals surface area contributed by atoms with Crippen LogP contribution >= 0.6 is 0 Å². The molecule has 2 aromatic carbocycles. The predicted molar refractivity (Wildman–Crippen MR) is 114 cm³/mol. The van der Waals surface area contributed by atoms with Gasteiger partial charge in [-0.15, -0.1) is 0 Å². The largest absolute Gasteiger partial charge is 0.371 e. The first-order chi connectivity index (χ1) is 14.5. The highest BCUT2D eigenvalue weighted by atomic mass is 19.1. The fourth-order valence-electron chi connectivity index (χ4n) is 3.57. The standard InChI is InChI=1S/C23H25FN4O2/c1-15-11-12-28(14-15)19-7-5-18(6-8-19)25-21(29)9-10-22-26-23(27-30-22)17-4-3-16(2)20(24)13-17/h3-8,13,15H,9-12,14H2,1-2H3,(H,25,29). The highest BCUT2D eigenvalue weighted by molar-refractivity contribution is 5.91. The molecule has 2 heterocycles. The number of aryl methyl sites for hydroxylation is 2. The lowest BCUT2D eigenvalue weighted by molar-refractivity contribution is -0.116. The van der Waals surface area contributed by atoms with Crippen LogP contribution in [0.25, 0.3) is 11.4 Å². The lowest BCUT2D eigenvalue weighted by Gasteiger charge is -2.18. The van der Waals surface area contributed by atoms with E-state index in [1.165, 1.54) is 18.2 Å². The van der Waals surface area contributed by atoms with E-state index in [9.17, 15) is 9.18 Å². The monoisotopic (exact) mass is 408 g/mol. The van der Waals surface area contributed by atoms with Crippen LogP contribution in [-0.4, -0.2) is 29.1 Å². The second-order valence-electron chi connectivity index (χ2n) is 7.91. The van der Waals surface area contributed by atoms with E-state index in [1.54, 1.807) is 19.1 Å². The first-order valence-corrected chi connectivity index (χ1v) is 10.2. The molecule has 156 valence electrons. The maximum atomic E-state index is 13.7. The van der Waals surface area contributed by atoms with E-state index < -0.39 is 0 Å². The summed E-state index contributed by atoms with van der Waals surface area (Å²) < 4.78 is 18.9. The van der Waals surface area contributed by atoms with E-state index in [0.29, 0.717) is 29.3 Å². The number of hydrogen-bond acceptors (Lipinski definition) is 5. The van der Waals surface area contributed by atoms with E-state index in [2.05, 4.69) is 27.3 Å². The molecule has 4 rings (SSSR count). The highest BCUT2D eigenvalue weighted by Gasteiger charge is 2.18. The summed E-state index contributed by atoms with van der Waals surface area (Å²) in [6.45, 7) is 6.11. The van der Waals surface area contributed by atoms with Crippen molar-refractivity contribution >= 4 is 17.3 Å². The lowest BCUT2D eigenvalue weighted by Crippen LogP contribution is -2.19. The zero-order valence-electron chi connectivity index (χ0n) is 17.2. The zero-order valence-corrected chi connectivity index (χ0v) is 17.2. The maximum Gasteiger partial charge on any atom is 0.227 e. The molecule has 30 heavy (non-hydrogen) atoms. The molecule has 1 unspecified atom stereocenters. The minimum absolute atomic E-state index is 0.126. The van der Waals surface area contributed by atoms with Crippen molar-refractivity contribution in [3.05, 3.63) is 59.7 Å².